The Balaban J connectivity index is 1.36. The van der Waals surface area contributed by atoms with Gasteiger partial charge in [0, 0.05) is 40.8 Å². The van der Waals surface area contributed by atoms with Crippen LogP contribution in [0.15, 0.2) is 53.1 Å². The Morgan fingerprint density at radius 1 is 1.10 bits per heavy atom. The molecule has 1 aromatic heterocycles. The van der Waals surface area contributed by atoms with Gasteiger partial charge >= 0.3 is 6.18 Å². The summed E-state index contributed by atoms with van der Waals surface area (Å²) < 4.78 is 42.4. The number of hydrogen-bond donors (Lipinski definition) is 1. The number of carbonyl (C=O) groups is 3. The highest BCUT2D eigenvalue weighted by atomic mass is 79.9. The van der Waals surface area contributed by atoms with Crippen LogP contribution >= 0.6 is 15.9 Å². The van der Waals surface area contributed by atoms with Crippen molar-refractivity contribution in [3.8, 4) is 0 Å². The van der Waals surface area contributed by atoms with Gasteiger partial charge in [-0.1, -0.05) is 15.9 Å². The molecule has 0 bridgehead atoms. The average molecular weight is 644 g/mol. The normalized spacial score (nSPS) is 22.0. The van der Waals surface area contributed by atoms with E-state index in [0.29, 0.717) is 29.4 Å². The maximum absolute atomic E-state index is 14.2. The first-order chi connectivity index (χ1) is 20.0. The van der Waals surface area contributed by atoms with Crippen molar-refractivity contribution in [2.24, 2.45) is 11.8 Å². The number of fused-ring (bicyclic) bond motifs is 3. The summed E-state index contributed by atoms with van der Waals surface area (Å²) in [5, 5.41) is 7.30. The van der Waals surface area contributed by atoms with E-state index in [9.17, 15) is 27.6 Å². The molecule has 3 aromatic rings. The molecule has 1 aliphatic carbocycles. The van der Waals surface area contributed by atoms with E-state index in [1.807, 2.05) is 11.6 Å². The summed E-state index contributed by atoms with van der Waals surface area (Å²) in [7, 11) is 1.55. The van der Waals surface area contributed by atoms with Gasteiger partial charge in [0.1, 0.15) is 5.82 Å². The molecular formula is C30H29BrF3N5O3. The number of anilines is 2. The largest absolute Gasteiger partial charge is 0.417 e. The van der Waals surface area contributed by atoms with E-state index in [2.05, 4.69) is 21.2 Å². The van der Waals surface area contributed by atoms with E-state index in [1.165, 1.54) is 12.1 Å². The Bertz CT molecular complexity index is 1570. The third kappa shape index (κ3) is 4.99. The number of amides is 3. The number of piperidine rings is 1. The van der Waals surface area contributed by atoms with Crippen molar-refractivity contribution in [3.05, 3.63) is 75.4 Å². The summed E-state index contributed by atoms with van der Waals surface area (Å²) in [5.41, 5.74) is 1.04. The third-order valence-electron chi connectivity index (χ3n) is 8.48. The maximum Gasteiger partial charge on any atom is 0.417 e. The monoisotopic (exact) mass is 643 g/mol. The Morgan fingerprint density at radius 2 is 1.79 bits per heavy atom. The lowest BCUT2D eigenvalue weighted by molar-refractivity contribution is -0.138. The van der Waals surface area contributed by atoms with E-state index in [-0.39, 0.29) is 28.4 Å². The second-order valence-electron chi connectivity index (χ2n) is 11.3. The van der Waals surface area contributed by atoms with Crippen molar-refractivity contribution in [3.63, 3.8) is 0 Å². The van der Waals surface area contributed by atoms with Crippen LogP contribution in [0, 0.1) is 11.8 Å². The topological polar surface area (TPSA) is 87.5 Å². The van der Waals surface area contributed by atoms with Gasteiger partial charge in [-0.15, -0.1) is 0 Å². The minimum atomic E-state index is -4.62. The van der Waals surface area contributed by atoms with Crippen molar-refractivity contribution >= 4 is 45.2 Å². The average Bonchev–Trinajstić information content (AvgIpc) is 3.70. The number of nitrogens with zero attached hydrogens (tertiary/aromatic N) is 4. The molecule has 1 saturated heterocycles. The Morgan fingerprint density at radius 3 is 2.43 bits per heavy atom. The predicted molar refractivity (Wildman–Crippen MR) is 152 cm³/mol. The molecule has 6 rings (SSSR count). The molecule has 220 valence electrons. The smallest absolute Gasteiger partial charge is 0.355 e. The Kier molecular flexibility index (Phi) is 7.15. The lowest BCUT2D eigenvalue weighted by Crippen LogP contribution is -2.56. The summed E-state index contributed by atoms with van der Waals surface area (Å²) >= 11 is 2.94. The molecule has 1 N–H and O–H groups in total. The molecule has 3 heterocycles. The standard InChI is InChI=1S/C30H29BrF3N5O3/c1-16-11-22-25(15-37(16)28(41)19-7-10-24(31)23(13-19)30(32,33)34)39-27(20(14-36-39)12-17-3-4-17)38(29(22)42)21-8-5-18(6-9-21)26(40)35-2/h5-10,13-14,16-17,22,25H,3-4,11-12,15H2,1-2H3,(H,35,40)/t16-,22?,25?/m0/s1. The molecule has 0 radical (unpaired) electrons. The second kappa shape index (κ2) is 10.6. The van der Waals surface area contributed by atoms with Crippen LogP contribution in [0.5, 0.6) is 0 Å². The van der Waals surface area contributed by atoms with Gasteiger partial charge in [0.2, 0.25) is 5.91 Å². The number of likely N-dealkylation sites (tertiary alicyclic amines) is 1. The molecule has 2 unspecified atom stereocenters. The SMILES string of the molecule is CNC(=O)c1ccc(N2C(=O)C3C[C@H](C)N(C(=O)c4ccc(Br)c(C(F)(F)F)c4)CC3n3ncc(CC4CC4)c32)cc1. The van der Waals surface area contributed by atoms with Crippen LogP contribution in [0.2, 0.25) is 0 Å². The Labute approximate surface area is 249 Å². The fourth-order valence-electron chi connectivity index (χ4n) is 6.08. The number of benzene rings is 2. The van der Waals surface area contributed by atoms with Gasteiger partial charge in [0.05, 0.1) is 29.4 Å². The number of aromatic nitrogens is 2. The fourth-order valence-corrected chi connectivity index (χ4v) is 6.55. The van der Waals surface area contributed by atoms with Gasteiger partial charge in [-0.05, 0) is 81.0 Å². The molecule has 2 aliphatic heterocycles. The van der Waals surface area contributed by atoms with E-state index < -0.39 is 35.6 Å². The van der Waals surface area contributed by atoms with Gasteiger partial charge in [-0.2, -0.15) is 18.3 Å². The van der Waals surface area contributed by atoms with Crippen molar-refractivity contribution in [1.29, 1.82) is 0 Å². The van der Waals surface area contributed by atoms with Crippen molar-refractivity contribution in [1.82, 2.24) is 20.0 Å². The summed E-state index contributed by atoms with van der Waals surface area (Å²) in [6, 6.07) is 9.45. The molecule has 2 aromatic carbocycles. The zero-order valence-corrected chi connectivity index (χ0v) is 24.6. The minimum Gasteiger partial charge on any atom is -0.355 e. The molecule has 42 heavy (non-hydrogen) atoms. The first-order valence-corrected chi connectivity index (χ1v) is 14.7. The first kappa shape index (κ1) is 28.4. The van der Waals surface area contributed by atoms with Crippen LogP contribution in [-0.2, 0) is 17.4 Å². The summed E-state index contributed by atoms with van der Waals surface area (Å²) in [6.45, 7) is 1.94. The molecular weight excluding hydrogens is 615 g/mol. The quantitative estimate of drug-likeness (QED) is 0.384. The fraction of sp³-hybridized carbons (Fsp3) is 0.400. The highest BCUT2D eigenvalue weighted by molar-refractivity contribution is 9.10. The zero-order chi connectivity index (χ0) is 29.9. The molecule has 12 heteroatoms. The maximum atomic E-state index is 14.2. The Hall–Kier alpha value is -3.67. The number of halogens is 4. The zero-order valence-electron chi connectivity index (χ0n) is 23.0. The van der Waals surface area contributed by atoms with Crippen molar-refractivity contribution in [2.75, 3.05) is 18.5 Å². The van der Waals surface area contributed by atoms with Crippen LogP contribution in [-0.4, -0.2) is 52.0 Å². The number of rotatable bonds is 5. The number of alkyl halides is 3. The van der Waals surface area contributed by atoms with Crippen LogP contribution in [0.4, 0.5) is 24.7 Å². The summed E-state index contributed by atoms with van der Waals surface area (Å²) in [6.07, 6.45) is 0.473. The van der Waals surface area contributed by atoms with Gasteiger partial charge < -0.3 is 10.2 Å². The van der Waals surface area contributed by atoms with Crippen molar-refractivity contribution < 1.29 is 27.6 Å². The molecule has 0 spiro atoms. The van der Waals surface area contributed by atoms with Crippen LogP contribution in [0.1, 0.15) is 64.1 Å². The van der Waals surface area contributed by atoms with Gasteiger partial charge in [-0.25, -0.2) is 4.68 Å². The highest BCUT2D eigenvalue weighted by Gasteiger charge is 2.49. The molecule has 3 aliphatic rings. The third-order valence-corrected chi connectivity index (χ3v) is 9.17. The van der Waals surface area contributed by atoms with Crippen LogP contribution in [0.3, 0.4) is 0 Å². The van der Waals surface area contributed by atoms with E-state index in [4.69, 9.17) is 5.10 Å². The summed E-state index contributed by atoms with van der Waals surface area (Å²) in [5.74, 6) is -0.213. The van der Waals surface area contributed by atoms with E-state index in [0.717, 1.165) is 30.9 Å². The van der Waals surface area contributed by atoms with E-state index >= 15 is 0 Å². The lowest BCUT2D eigenvalue weighted by Gasteiger charge is -2.47. The second-order valence-corrected chi connectivity index (χ2v) is 12.1. The van der Waals surface area contributed by atoms with Gasteiger partial charge in [0.15, 0.2) is 0 Å². The molecule has 3 amide bonds. The summed E-state index contributed by atoms with van der Waals surface area (Å²) in [4.78, 5) is 43.1. The number of carbonyl (C=O) groups excluding carboxylic acids is 3. The van der Waals surface area contributed by atoms with E-state index in [1.54, 1.807) is 47.3 Å². The predicted octanol–water partition coefficient (Wildman–Crippen LogP) is 5.75. The minimum absolute atomic E-state index is 0.0640. The number of nitrogens with one attached hydrogen (secondary N) is 1. The number of hydrogen-bond acceptors (Lipinski definition) is 4. The highest BCUT2D eigenvalue weighted by Crippen LogP contribution is 2.46. The van der Waals surface area contributed by atoms with Gasteiger partial charge in [-0.3, -0.25) is 19.3 Å². The molecule has 3 atom stereocenters. The van der Waals surface area contributed by atoms with Crippen LogP contribution in [0.25, 0.3) is 0 Å². The molecule has 8 nitrogen and oxygen atoms in total. The van der Waals surface area contributed by atoms with Crippen LogP contribution < -0.4 is 10.2 Å². The first-order valence-electron chi connectivity index (χ1n) is 13.9. The molecule has 2 fully saturated rings. The lowest BCUT2D eigenvalue weighted by atomic mass is 9.84. The van der Waals surface area contributed by atoms with Gasteiger partial charge in [0.25, 0.3) is 11.8 Å². The van der Waals surface area contributed by atoms with Crippen molar-refractivity contribution in [2.45, 2.75) is 50.9 Å². The molecule has 1 saturated carbocycles.